The molecule has 0 saturated carbocycles. The molecule has 2 aromatic rings. The number of aromatic nitrogens is 2. The summed E-state index contributed by atoms with van der Waals surface area (Å²) in [7, 11) is 1.52. The van der Waals surface area contributed by atoms with Crippen molar-refractivity contribution in [2.24, 2.45) is 0 Å². The third-order valence-corrected chi connectivity index (χ3v) is 3.32. The number of fused-ring (bicyclic) bond motifs is 1. The summed E-state index contributed by atoms with van der Waals surface area (Å²) in [5, 5.41) is 15.5. The van der Waals surface area contributed by atoms with E-state index in [4.69, 9.17) is 0 Å². The van der Waals surface area contributed by atoms with E-state index in [1.165, 1.54) is 13.4 Å². The Balaban J connectivity index is 2.39. The van der Waals surface area contributed by atoms with E-state index in [1.807, 2.05) is 18.2 Å². The highest BCUT2D eigenvalue weighted by molar-refractivity contribution is 14.1. The van der Waals surface area contributed by atoms with Gasteiger partial charge in [-0.15, -0.1) is 0 Å². The van der Waals surface area contributed by atoms with Crippen molar-refractivity contribution in [3.05, 3.63) is 28.1 Å². The number of benzene rings is 1. The minimum atomic E-state index is -0.735. The Morgan fingerprint density at radius 1 is 1.47 bits per heavy atom. The Hall–Kier alpha value is -1.48. The highest BCUT2D eigenvalue weighted by atomic mass is 127. The quantitative estimate of drug-likeness (QED) is 0.690. The van der Waals surface area contributed by atoms with E-state index in [-0.39, 0.29) is 12.5 Å². The van der Waals surface area contributed by atoms with Gasteiger partial charge in [-0.1, -0.05) is 0 Å². The molecule has 1 unspecified atom stereocenters. The van der Waals surface area contributed by atoms with Gasteiger partial charge in [0.05, 0.1) is 12.1 Å². The van der Waals surface area contributed by atoms with E-state index in [1.54, 1.807) is 0 Å². The summed E-state index contributed by atoms with van der Waals surface area (Å²) in [5.41, 5.74) is 0.784. The molecule has 0 aliphatic carbocycles. The highest BCUT2D eigenvalue weighted by Crippen LogP contribution is 2.21. The lowest BCUT2D eigenvalue weighted by Gasteiger charge is -2.16. The van der Waals surface area contributed by atoms with Gasteiger partial charge in [-0.2, -0.15) is 0 Å². The number of rotatable bonds is 4. The molecule has 0 aliphatic rings. The number of nitrogens with one attached hydrogen (secondary N) is 2. The van der Waals surface area contributed by atoms with Crippen LogP contribution >= 0.6 is 22.6 Å². The minimum Gasteiger partial charge on any atom is -0.394 e. The fourth-order valence-electron chi connectivity index (χ4n) is 1.68. The van der Waals surface area contributed by atoms with Crippen molar-refractivity contribution in [3.8, 4) is 0 Å². The average molecular weight is 372 g/mol. The number of hydrogen-bond acceptors (Lipinski definition) is 5. The third kappa shape index (κ3) is 3.10. The van der Waals surface area contributed by atoms with Gasteiger partial charge in [-0.05, 0) is 40.8 Å². The number of amides is 1. The van der Waals surface area contributed by atoms with Gasteiger partial charge in [-0.25, -0.2) is 9.97 Å². The Morgan fingerprint density at radius 3 is 2.95 bits per heavy atom. The Bertz CT molecular complexity index is 605. The summed E-state index contributed by atoms with van der Waals surface area (Å²) in [6, 6.07) is 5.02. The lowest BCUT2D eigenvalue weighted by molar-refractivity contribution is -0.122. The first-order chi connectivity index (χ1) is 9.15. The van der Waals surface area contributed by atoms with Crippen LogP contribution in [-0.2, 0) is 4.79 Å². The largest absolute Gasteiger partial charge is 0.394 e. The Kier molecular flexibility index (Phi) is 4.48. The number of nitrogens with zero attached hydrogens (tertiary/aromatic N) is 2. The molecule has 0 saturated heterocycles. The van der Waals surface area contributed by atoms with Crippen molar-refractivity contribution in [2.75, 3.05) is 19.0 Å². The van der Waals surface area contributed by atoms with Crippen molar-refractivity contribution in [2.45, 2.75) is 6.04 Å². The molecule has 3 N–H and O–H groups in total. The van der Waals surface area contributed by atoms with Gasteiger partial charge in [0.15, 0.2) is 0 Å². The average Bonchev–Trinajstić information content (AvgIpc) is 2.44. The zero-order valence-corrected chi connectivity index (χ0v) is 12.4. The van der Waals surface area contributed by atoms with Crippen molar-refractivity contribution in [1.82, 2.24) is 15.3 Å². The van der Waals surface area contributed by atoms with E-state index < -0.39 is 6.04 Å². The van der Waals surface area contributed by atoms with Gasteiger partial charge in [0.1, 0.15) is 18.2 Å². The van der Waals surface area contributed by atoms with Crippen LogP contribution in [0.25, 0.3) is 10.9 Å². The molecule has 1 amide bonds. The fourth-order valence-corrected chi connectivity index (χ4v) is 2.17. The topological polar surface area (TPSA) is 87.1 Å². The Labute approximate surface area is 123 Å². The van der Waals surface area contributed by atoms with Crippen molar-refractivity contribution >= 4 is 45.2 Å². The second-order valence-corrected chi connectivity index (χ2v) is 5.12. The van der Waals surface area contributed by atoms with Crippen LogP contribution in [0.15, 0.2) is 24.5 Å². The van der Waals surface area contributed by atoms with E-state index in [0.29, 0.717) is 5.82 Å². The minimum absolute atomic E-state index is 0.292. The molecule has 19 heavy (non-hydrogen) atoms. The predicted octanol–water partition coefficient (Wildman–Crippen LogP) is 0.753. The number of anilines is 1. The van der Waals surface area contributed by atoms with E-state index >= 15 is 0 Å². The summed E-state index contributed by atoms with van der Waals surface area (Å²) < 4.78 is 1.04. The number of likely N-dealkylation sites (N-methyl/N-ethyl adjacent to an activating group) is 1. The van der Waals surface area contributed by atoms with Crippen molar-refractivity contribution in [3.63, 3.8) is 0 Å². The first kappa shape index (κ1) is 13.9. The molecular weight excluding hydrogens is 359 g/mol. The number of halogens is 1. The number of hydrogen-bond donors (Lipinski definition) is 3. The first-order valence-corrected chi connectivity index (χ1v) is 6.73. The normalized spacial score (nSPS) is 12.2. The summed E-state index contributed by atoms with van der Waals surface area (Å²) in [5.74, 6) is 0.242. The molecule has 0 fully saturated rings. The van der Waals surface area contributed by atoms with Crippen molar-refractivity contribution < 1.29 is 9.90 Å². The summed E-state index contributed by atoms with van der Waals surface area (Å²) >= 11 is 2.20. The molecule has 0 aliphatic heterocycles. The zero-order valence-electron chi connectivity index (χ0n) is 10.2. The predicted molar refractivity (Wildman–Crippen MR) is 80.8 cm³/mol. The summed E-state index contributed by atoms with van der Waals surface area (Å²) in [6.07, 6.45) is 1.43. The first-order valence-electron chi connectivity index (χ1n) is 5.65. The summed E-state index contributed by atoms with van der Waals surface area (Å²) in [4.78, 5) is 19.9. The van der Waals surface area contributed by atoms with Gasteiger partial charge in [0.2, 0.25) is 5.91 Å². The molecule has 7 heteroatoms. The third-order valence-electron chi connectivity index (χ3n) is 2.65. The van der Waals surface area contributed by atoms with E-state index in [9.17, 15) is 9.90 Å². The number of aliphatic hydroxyl groups is 1. The van der Waals surface area contributed by atoms with Gasteiger partial charge in [-0.3, -0.25) is 4.79 Å². The second-order valence-electron chi connectivity index (χ2n) is 3.88. The van der Waals surface area contributed by atoms with Crippen LogP contribution in [0.4, 0.5) is 5.82 Å². The number of aliphatic hydroxyl groups excluding tert-OH is 1. The van der Waals surface area contributed by atoms with Crippen LogP contribution in [0, 0.1) is 3.57 Å². The maximum Gasteiger partial charge on any atom is 0.244 e. The molecule has 1 heterocycles. The van der Waals surface area contributed by atoms with Crippen LogP contribution in [0.3, 0.4) is 0 Å². The molecule has 0 radical (unpaired) electrons. The maximum atomic E-state index is 11.6. The second kappa shape index (κ2) is 6.11. The molecule has 1 aromatic heterocycles. The SMILES string of the molecule is CNC(=O)C(CO)Nc1ncnc2ccc(I)cc12. The lowest BCUT2D eigenvalue weighted by atomic mass is 10.2. The van der Waals surface area contributed by atoms with E-state index in [2.05, 4.69) is 43.2 Å². The Morgan fingerprint density at radius 2 is 2.26 bits per heavy atom. The molecular formula is C12H13IN4O2. The molecule has 6 nitrogen and oxygen atoms in total. The smallest absolute Gasteiger partial charge is 0.244 e. The highest BCUT2D eigenvalue weighted by Gasteiger charge is 2.17. The van der Waals surface area contributed by atoms with Crippen LogP contribution < -0.4 is 10.6 Å². The van der Waals surface area contributed by atoms with Crippen molar-refractivity contribution in [1.29, 1.82) is 0 Å². The fraction of sp³-hybridized carbons (Fsp3) is 0.250. The van der Waals surface area contributed by atoms with Gasteiger partial charge in [0, 0.05) is 16.0 Å². The summed E-state index contributed by atoms with van der Waals surface area (Å²) in [6.45, 7) is -0.310. The number of carbonyl (C=O) groups is 1. The lowest BCUT2D eigenvalue weighted by Crippen LogP contribution is -2.40. The van der Waals surface area contributed by atoms with E-state index in [0.717, 1.165) is 14.5 Å². The molecule has 0 bridgehead atoms. The van der Waals surface area contributed by atoms with Crippen LogP contribution in [0.1, 0.15) is 0 Å². The molecule has 100 valence electrons. The standard InChI is InChI=1S/C12H13IN4O2/c1-14-12(19)10(5-18)17-11-8-4-7(13)2-3-9(8)15-6-16-11/h2-4,6,10,18H,5H2,1H3,(H,14,19)(H,15,16,17). The van der Waals surface area contributed by atoms with Crippen LogP contribution in [0.5, 0.6) is 0 Å². The zero-order chi connectivity index (χ0) is 13.8. The molecule has 1 atom stereocenters. The van der Waals surface area contributed by atoms with Gasteiger partial charge < -0.3 is 15.7 Å². The van der Waals surface area contributed by atoms with Gasteiger partial charge >= 0.3 is 0 Å². The van der Waals surface area contributed by atoms with Crippen LogP contribution in [0.2, 0.25) is 0 Å². The number of carbonyl (C=O) groups excluding carboxylic acids is 1. The van der Waals surface area contributed by atoms with Crippen LogP contribution in [-0.4, -0.2) is 40.7 Å². The maximum absolute atomic E-state index is 11.6. The molecule has 2 rings (SSSR count). The monoisotopic (exact) mass is 372 g/mol. The molecule has 0 spiro atoms. The molecule has 1 aromatic carbocycles. The van der Waals surface area contributed by atoms with Gasteiger partial charge in [0.25, 0.3) is 0 Å².